The molecule has 0 fully saturated rings. The molecule has 0 saturated carbocycles. The lowest BCUT2D eigenvalue weighted by Gasteiger charge is -2.11. The van der Waals surface area contributed by atoms with E-state index in [0.29, 0.717) is 0 Å². The summed E-state index contributed by atoms with van der Waals surface area (Å²) in [5.41, 5.74) is 1.89. The highest BCUT2D eigenvalue weighted by Crippen LogP contribution is 2.30. The monoisotopic (exact) mass is 357 g/mol. The topological polar surface area (TPSA) is 47.8 Å². The number of benzene rings is 1. The van der Waals surface area contributed by atoms with Gasteiger partial charge in [-0.2, -0.15) is 0 Å². The number of aryl methyl sites for hydroxylation is 1. The number of hydrogen-bond acceptors (Lipinski definition) is 5. The van der Waals surface area contributed by atoms with Crippen molar-refractivity contribution in [2.45, 2.75) is 37.7 Å². The summed E-state index contributed by atoms with van der Waals surface area (Å²) in [5.74, 6) is 0.980. The van der Waals surface area contributed by atoms with Crippen LogP contribution in [0.5, 0.6) is 0 Å². The van der Waals surface area contributed by atoms with Gasteiger partial charge in [-0.15, -0.1) is 21.5 Å². The molecular formula is C18H19N3OS2. The number of thioether (sulfide) groups is 1. The van der Waals surface area contributed by atoms with Gasteiger partial charge in [0.25, 0.3) is 0 Å². The van der Waals surface area contributed by atoms with E-state index in [4.69, 9.17) is 0 Å². The number of carbonyl (C=O) groups excluding carboxylic acids is 1. The fraction of sp³-hybridized carbons (Fsp3) is 0.278. The third-order valence-electron chi connectivity index (χ3n) is 3.76. The minimum Gasteiger partial charge on any atom is -0.302 e. The molecule has 0 radical (unpaired) electrons. The first-order chi connectivity index (χ1) is 11.6. The summed E-state index contributed by atoms with van der Waals surface area (Å²) in [5, 5.41) is 11.2. The Kier molecular flexibility index (Phi) is 5.16. The molecule has 0 aliphatic carbocycles. The van der Waals surface area contributed by atoms with Crippen molar-refractivity contribution >= 4 is 28.9 Å². The van der Waals surface area contributed by atoms with Gasteiger partial charge in [0.2, 0.25) is 0 Å². The lowest BCUT2D eigenvalue weighted by Crippen LogP contribution is -2.14. The van der Waals surface area contributed by atoms with Gasteiger partial charge in [-0.1, -0.05) is 47.7 Å². The van der Waals surface area contributed by atoms with Crippen LogP contribution in [-0.2, 0) is 6.54 Å². The molecule has 0 N–H and O–H groups in total. The Labute approximate surface area is 149 Å². The third-order valence-corrected chi connectivity index (χ3v) is 5.71. The summed E-state index contributed by atoms with van der Waals surface area (Å²) < 4.78 is 2.06. The lowest BCUT2D eigenvalue weighted by molar-refractivity contribution is 0.0994. The standard InChI is InChI=1S/C18H19N3OS2/c1-4-21-17(15-6-5-11-23-15)19-20-18(21)24-13(3)16(22)14-9-7-12(2)8-10-14/h5-11,13H,4H2,1-3H3/t13-/m1/s1. The summed E-state index contributed by atoms with van der Waals surface area (Å²) in [7, 11) is 0. The van der Waals surface area contributed by atoms with Gasteiger partial charge in [0.15, 0.2) is 16.8 Å². The maximum absolute atomic E-state index is 12.6. The number of Topliss-reactive ketones (excluding diaryl/α,β-unsaturated/α-hetero) is 1. The first-order valence-electron chi connectivity index (χ1n) is 7.84. The highest BCUT2D eigenvalue weighted by atomic mass is 32.2. The predicted octanol–water partition coefficient (Wildman–Crippen LogP) is 4.70. The van der Waals surface area contributed by atoms with Crippen molar-refractivity contribution in [1.82, 2.24) is 14.8 Å². The molecule has 0 spiro atoms. The average Bonchev–Trinajstić information content (AvgIpc) is 3.23. The van der Waals surface area contributed by atoms with E-state index < -0.39 is 0 Å². The predicted molar refractivity (Wildman–Crippen MR) is 99.8 cm³/mol. The number of ketones is 1. The van der Waals surface area contributed by atoms with Crippen LogP contribution in [0.25, 0.3) is 10.7 Å². The van der Waals surface area contributed by atoms with Gasteiger partial charge >= 0.3 is 0 Å². The minimum atomic E-state index is -0.210. The van der Waals surface area contributed by atoms with Gasteiger partial charge in [-0.3, -0.25) is 4.79 Å². The molecule has 4 nitrogen and oxygen atoms in total. The van der Waals surface area contributed by atoms with Crippen molar-refractivity contribution in [3.8, 4) is 10.7 Å². The Morgan fingerprint density at radius 2 is 2.00 bits per heavy atom. The Hall–Kier alpha value is -1.92. The number of aromatic nitrogens is 3. The quantitative estimate of drug-likeness (QED) is 0.474. The molecule has 0 bridgehead atoms. The van der Waals surface area contributed by atoms with Crippen molar-refractivity contribution in [3.63, 3.8) is 0 Å². The van der Waals surface area contributed by atoms with E-state index in [0.717, 1.165) is 33.5 Å². The normalized spacial score (nSPS) is 12.3. The van der Waals surface area contributed by atoms with E-state index >= 15 is 0 Å². The molecule has 0 aliphatic rings. The van der Waals surface area contributed by atoms with Crippen LogP contribution >= 0.6 is 23.1 Å². The van der Waals surface area contributed by atoms with Crippen LogP contribution in [0.4, 0.5) is 0 Å². The minimum absolute atomic E-state index is 0.114. The molecule has 1 aromatic carbocycles. The highest BCUT2D eigenvalue weighted by Gasteiger charge is 2.21. The Bertz CT molecular complexity index is 823. The molecule has 0 unspecified atom stereocenters. The number of nitrogens with zero attached hydrogens (tertiary/aromatic N) is 3. The molecule has 3 aromatic rings. The van der Waals surface area contributed by atoms with Crippen LogP contribution in [0, 0.1) is 6.92 Å². The van der Waals surface area contributed by atoms with Crippen molar-refractivity contribution in [2.24, 2.45) is 0 Å². The Balaban J connectivity index is 1.80. The van der Waals surface area contributed by atoms with Gasteiger partial charge < -0.3 is 4.57 Å². The summed E-state index contributed by atoms with van der Waals surface area (Å²) in [6, 6.07) is 11.7. The smallest absolute Gasteiger partial charge is 0.192 e. The van der Waals surface area contributed by atoms with Gasteiger partial charge in [0.1, 0.15) is 0 Å². The molecule has 24 heavy (non-hydrogen) atoms. The first-order valence-corrected chi connectivity index (χ1v) is 9.60. The summed E-state index contributed by atoms with van der Waals surface area (Å²) in [4.78, 5) is 13.7. The fourth-order valence-electron chi connectivity index (χ4n) is 2.41. The van der Waals surface area contributed by atoms with Crippen LogP contribution in [0.1, 0.15) is 29.8 Å². The summed E-state index contributed by atoms with van der Waals surface area (Å²) in [6.07, 6.45) is 0. The van der Waals surface area contributed by atoms with Gasteiger partial charge in [0.05, 0.1) is 10.1 Å². The third kappa shape index (κ3) is 3.44. The average molecular weight is 358 g/mol. The van der Waals surface area contributed by atoms with Gasteiger partial charge in [-0.05, 0) is 32.2 Å². The number of hydrogen-bond donors (Lipinski definition) is 0. The van der Waals surface area contributed by atoms with Gasteiger partial charge in [-0.25, -0.2) is 0 Å². The Morgan fingerprint density at radius 1 is 1.25 bits per heavy atom. The van der Waals surface area contributed by atoms with E-state index in [9.17, 15) is 4.79 Å². The maximum Gasteiger partial charge on any atom is 0.192 e. The van der Waals surface area contributed by atoms with Crippen molar-refractivity contribution in [3.05, 3.63) is 52.9 Å². The molecule has 0 saturated heterocycles. The van der Waals surface area contributed by atoms with Crippen molar-refractivity contribution in [1.29, 1.82) is 0 Å². The second-order valence-electron chi connectivity index (χ2n) is 5.52. The maximum atomic E-state index is 12.6. The van der Waals surface area contributed by atoms with Crippen LogP contribution in [0.2, 0.25) is 0 Å². The largest absolute Gasteiger partial charge is 0.302 e. The van der Waals surface area contributed by atoms with Crippen LogP contribution in [-0.4, -0.2) is 25.8 Å². The van der Waals surface area contributed by atoms with E-state index in [1.807, 2.05) is 55.6 Å². The van der Waals surface area contributed by atoms with Crippen LogP contribution < -0.4 is 0 Å². The van der Waals surface area contributed by atoms with Crippen molar-refractivity contribution < 1.29 is 4.79 Å². The van der Waals surface area contributed by atoms with Crippen molar-refractivity contribution in [2.75, 3.05) is 0 Å². The van der Waals surface area contributed by atoms with Crippen LogP contribution in [0.15, 0.2) is 46.9 Å². The molecule has 2 aromatic heterocycles. The molecular weight excluding hydrogens is 338 g/mol. The first kappa shape index (κ1) is 16.9. The lowest BCUT2D eigenvalue weighted by atomic mass is 10.1. The van der Waals surface area contributed by atoms with Crippen LogP contribution in [0.3, 0.4) is 0 Å². The second-order valence-corrected chi connectivity index (χ2v) is 7.77. The summed E-state index contributed by atoms with van der Waals surface area (Å²) in [6.45, 7) is 6.78. The van der Waals surface area contributed by atoms with Gasteiger partial charge in [0, 0.05) is 12.1 Å². The van der Waals surface area contributed by atoms with E-state index in [1.54, 1.807) is 11.3 Å². The number of thiophene rings is 1. The SMILES string of the molecule is CCn1c(S[C@H](C)C(=O)c2ccc(C)cc2)nnc1-c1cccs1. The molecule has 0 amide bonds. The van der Waals surface area contributed by atoms with E-state index in [1.165, 1.54) is 11.8 Å². The van der Waals surface area contributed by atoms with E-state index in [-0.39, 0.29) is 11.0 Å². The number of rotatable bonds is 6. The molecule has 124 valence electrons. The molecule has 2 heterocycles. The molecule has 0 aliphatic heterocycles. The highest BCUT2D eigenvalue weighted by molar-refractivity contribution is 8.00. The fourth-order valence-corrected chi connectivity index (χ4v) is 4.12. The van der Waals surface area contributed by atoms with E-state index in [2.05, 4.69) is 21.7 Å². The molecule has 1 atom stereocenters. The number of carbonyl (C=O) groups is 1. The zero-order valence-corrected chi connectivity index (χ0v) is 15.5. The molecule has 6 heteroatoms. The zero-order chi connectivity index (χ0) is 17.1. The molecule has 3 rings (SSSR count). The zero-order valence-electron chi connectivity index (χ0n) is 13.9. The second kappa shape index (κ2) is 7.32. The summed E-state index contributed by atoms with van der Waals surface area (Å²) >= 11 is 3.11. The Morgan fingerprint density at radius 3 is 2.62 bits per heavy atom.